The van der Waals surface area contributed by atoms with Crippen LogP contribution >= 0.6 is 0 Å². The van der Waals surface area contributed by atoms with E-state index in [1.165, 1.54) is 19.9 Å². The number of hydrogen-bond donors (Lipinski definition) is 1. The Bertz CT molecular complexity index is 896. The summed E-state index contributed by atoms with van der Waals surface area (Å²) in [7, 11) is 0. The van der Waals surface area contributed by atoms with Gasteiger partial charge in [-0.05, 0) is 26.0 Å². The molecule has 4 rings (SSSR count). The molecule has 1 aliphatic heterocycles. The van der Waals surface area contributed by atoms with Gasteiger partial charge < -0.3 is 14.9 Å². The summed E-state index contributed by atoms with van der Waals surface area (Å²) in [4.78, 5) is 23.0. The molecule has 2 heterocycles. The van der Waals surface area contributed by atoms with Crippen LogP contribution in [-0.4, -0.2) is 20.9 Å². The van der Waals surface area contributed by atoms with Gasteiger partial charge in [-0.1, -0.05) is 18.2 Å². The maximum absolute atomic E-state index is 10.0. The number of rotatable bonds is 3. The predicted octanol–water partition coefficient (Wildman–Crippen LogP) is 4.72. The van der Waals surface area contributed by atoms with Crippen LogP contribution in [0, 0.1) is 12.7 Å². The average Bonchev–Trinajstić information content (AvgIpc) is 3.09. The van der Waals surface area contributed by atoms with Crippen molar-refractivity contribution in [2.45, 2.75) is 13.8 Å². The van der Waals surface area contributed by atoms with E-state index in [9.17, 15) is 4.79 Å². The smallest absolute Gasteiger partial charge is 0.512 e. The SMILES string of the molecule is CC(=O)/C=C(/C)O.[Pt+2].[c-]1ccccc1N1[CH-]N(c2ccccc2)c2nccnc21. The van der Waals surface area contributed by atoms with Crippen LogP contribution in [0.2, 0.25) is 0 Å². The largest absolute Gasteiger partial charge is 2.00 e. The van der Waals surface area contributed by atoms with Crippen LogP contribution in [0.4, 0.5) is 23.0 Å². The summed E-state index contributed by atoms with van der Waals surface area (Å²) in [6, 6.07) is 21.2. The van der Waals surface area contributed by atoms with E-state index in [1.54, 1.807) is 12.4 Å². The number of nitrogens with zero attached hydrogens (tertiary/aromatic N) is 4. The number of fused-ring (bicyclic) bond motifs is 1. The van der Waals surface area contributed by atoms with E-state index in [4.69, 9.17) is 5.11 Å². The van der Waals surface area contributed by atoms with Gasteiger partial charge in [-0.25, -0.2) is 9.97 Å². The van der Waals surface area contributed by atoms with E-state index in [-0.39, 0.29) is 32.6 Å². The first kappa shape index (κ1) is 22.3. The van der Waals surface area contributed by atoms with Gasteiger partial charge in [-0.2, -0.15) is 30.3 Å². The van der Waals surface area contributed by atoms with Crippen molar-refractivity contribution in [1.82, 2.24) is 9.97 Å². The van der Waals surface area contributed by atoms with Crippen molar-refractivity contribution < 1.29 is 31.0 Å². The van der Waals surface area contributed by atoms with Crippen molar-refractivity contribution in [3.63, 3.8) is 0 Å². The number of para-hydroxylation sites is 2. The molecule has 1 aliphatic rings. The average molecular weight is 568 g/mol. The minimum absolute atomic E-state index is 0. The molecular formula is C22H20N4O2Pt. The minimum Gasteiger partial charge on any atom is -0.512 e. The van der Waals surface area contributed by atoms with E-state index in [2.05, 4.69) is 16.0 Å². The number of benzene rings is 2. The van der Waals surface area contributed by atoms with Crippen molar-refractivity contribution in [3.05, 3.63) is 91.6 Å². The molecule has 7 heteroatoms. The van der Waals surface area contributed by atoms with Crippen LogP contribution in [0.3, 0.4) is 0 Å². The molecule has 0 saturated heterocycles. The molecule has 0 bridgehead atoms. The second-order valence-corrected chi connectivity index (χ2v) is 6.04. The predicted molar refractivity (Wildman–Crippen MR) is 109 cm³/mol. The first-order valence-corrected chi connectivity index (χ1v) is 8.70. The molecule has 0 radical (unpaired) electrons. The van der Waals surface area contributed by atoms with Crippen LogP contribution < -0.4 is 9.80 Å². The third kappa shape index (κ3) is 5.75. The van der Waals surface area contributed by atoms with Gasteiger partial charge >= 0.3 is 21.1 Å². The number of aliphatic hydroxyl groups is 1. The molecule has 0 amide bonds. The van der Waals surface area contributed by atoms with Gasteiger partial charge in [-0.15, -0.1) is 12.4 Å². The summed E-state index contributed by atoms with van der Waals surface area (Å²) < 4.78 is 0. The van der Waals surface area contributed by atoms with Crippen LogP contribution in [0.15, 0.2) is 78.8 Å². The zero-order chi connectivity index (χ0) is 19.9. The Morgan fingerprint density at radius 3 is 2.14 bits per heavy atom. The summed E-state index contributed by atoms with van der Waals surface area (Å²) in [5.41, 5.74) is 2.00. The molecule has 0 fully saturated rings. The molecule has 6 nitrogen and oxygen atoms in total. The number of allylic oxidation sites excluding steroid dienone is 2. The molecule has 150 valence electrons. The van der Waals surface area contributed by atoms with Crippen LogP contribution in [0.1, 0.15) is 13.8 Å². The van der Waals surface area contributed by atoms with Crippen LogP contribution in [0.25, 0.3) is 0 Å². The standard InChI is InChI=1S/C17H12N4.C5H8O2.Pt/c1-3-7-14(8-4-1)20-13-21(15-9-5-2-6-10-15)17-16(20)18-11-12-19-17;1-4(6)3-5(2)7;/h1-9,11-13H;3,6H,1-2H3;/q-2;;+2/b;4-3-;. The van der Waals surface area contributed by atoms with E-state index >= 15 is 0 Å². The first-order chi connectivity index (χ1) is 13.6. The van der Waals surface area contributed by atoms with Gasteiger partial charge in [0.25, 0.3) is 0 Å². The van der Waals surface area contributed by atoms with Crippen molar-refractivity contribution in [2.24, 2.45) is 0 Å². The third-order valence-electron chi connectivity index (χ3n) is 3.75. The van der Waals surface area contributed by atoms with Gasteiger partial charge in [0, 0.05) is 24.2 Å². The van der Waals surface area contributed by atoms with Gasteiger partial charge in [0.05, 0.1) is 5.76 Å². The maximum atomic E-state index is 10.0. The number of aliphatic hydroxyl groups excluding tert-OH is 1. The van der Waals surface area contributed by atoms with Gasteiger partial charge in [-0.3, -0.25) is 4.79 Å². The normalized spacial score (nSPS) is 12.4. The summed E-state index contributed by atoms with van der Waals surface area (Å²) in [6.07, 6.45) is 4.58. The summed E-state index contributed by atoms with van der Waals surface area (Å²) in [5, 5.41) is 8.36. The number of hydrogen-bond acceptors (Lipinski definition) is 6. The van der Waals surface area contributed by atoms with Crippen LogP contribution in [0.5, 0.6) is 0 Å². The topological polar surface area (TPSA) is 69.6 Å². The zero-order valence-electron chi connectivity index (χ0n) is 16.0. The fourth-order valence-electron chi connectivity index (χ4n) is 2.67. The van der Waals surface area contributed by atoms with Crippen molar-refractivity contribution in [1.29, 1.82) is 0 Å². The Morgan fingerprint density at radius 1 is 1.00 bits per heavy atom. The first-order valence-electron chi connectivity index (χ1n) is 8.70. The quantitative estimate of drug-likeness (QED) is 0.281. The Kier molecular flexibility index (Phi) is 8.10. The summed E-state index contributed by atoms with van der Waals surface area (Å²) in [6.45, 7) is 4.84. The molecule has 0 unspecified atom stereocenters. The Labute approximate surface area is 184 Å². The number of carbonyl (C=O) groups is 1. The second-order valence-electron chi connectivity index (χ2n) is 6.04. The van der Waals surface area contributed by atoms with E-state index in [0.29, 0.717) is 0 Å². The molecule has 0 atom stereocenters. The molecule has 0 saturated carbocycles. The molecule has 2 aromatic carbocycles. The van der Waals surface area contributed by atoms with Gasteiger partial charge in [0.1, 0.15) is 11.6 Å². The number of aromatic nitrogens is 2. The van der Waals surface area contributed by atoms with Crippen molar-refractivity contribution in [3.8, 4) is 0 Å². The Balaban J connectivity index is 0.000000327. The van der Waals surface area contributed by atoms with E-state index in [1.807, 2.05) is 71.1 Å². The molecule has 1 N–H and O–H groups in total. The summed E-state index contributed by atoms with van der Waals surface area (Å²) in [5.74, 6) is 1.57. The number of ketones is 1. The minimum atomic E-state index is -0.125. The molecule has 29 heavy (non-hydrogen) atoms. The molecule has 3 aromatic rings. The second kappa shape index (κ2) is 10.5. The molecule has 1 aromatic heterocycles. The summed E-state index contributed by atoms with van der Waals surface area (Å²) >= 11 is 0. The van der Waals surface area contributed by atoms with E-state index in [0.717, 1.165) is 23.0 Å². The zero-order valence-corrected chi connectivity index (χ0v) is 18.2. The monoisotopic (exact) mass is 567 g/mol. The van der Waals surface area contributed by atoms with E-state index < -0.39 is 0 Å². The molecule has 0 aliphatic carbocycles. The van der Waals surface area contributed by atoms with Crippen LogP contribution in [-0.2, 0) is 25.9 Å². The Morgan fingerprint density at radius 2 is 1.62 bits per heavy atom. The fraction of sp³-hybridized carbons (Fsp3) is 0.0909. The van der Waals surface area contributed by atoms with Crippen molar-refractivity contribution in [2.75, 3.05) is 9.80 Å². The number of anilines is 4. The van der Waals surface area contributed by atoms with Gasteiger partial charge in [0.15, 0.2) is 5.78 Å². The fourth-order valence-corrected chi connectivity index (χ4v) is 2.67. The molecule has 0 spiro atoms. The molecular weight excluding hydrogens is 547 g/mol. The van der Waals surface area contributed by atoms with Gasteiger partial charge in [0.2, 0.25) is 0 Å². The maximum Gasteiger partial charge on any atom is 2.00 e. The third-order valence-corrected chi connectivity index (χ3v) is 3.75. The Hall–Kier alpha value is -2.98. The number of carbonyl (C=O) groups excluding carboxylic acids is 1. The van der Waals surface area contributed by atoms with Crippen molar-refractivity contribution >= 4 is 28.8 Å².